The number of hydrogen-bond acceptors (Lipinski definition) is 3. The van der Waals surface area contributed by atoms with Crippen molar-refractivity contribution in [1.29, 1.82) is 0 Å². The molecule has 1 aliphatic carbocycles. The molecule has 3 heteroatoms. The van der Waals surface area contributed by atoms with Gasteiger partial charge in [-0.05, 0) is 40.3 Å². The van der Waals surface area contributed by atoms with Crippen molar-refractivity contribution in [3.63, 3.8) is 0 Å². The van der Waals surface area contributed by atoms with Gasteiger partial charge in [-0.3, -0.25) is 0 Å². The molecule has 0 saturated heterocycles. The summed E-state index contributed by atoms with van der Waals surface area (Å²) in [4.78, 5) is 0. The Morgan fingerprint density at radius 2 is 1.52 bits per heavy atom. The molecule has 0 radical (unpaired) electrons. The topological polar surface area (TPSA) is 27.7 Å². The van der Waals surface area contributed by atoms with E-state index in [-0.39, 0.29) is 5.41 Å². The Morgan fingerprint density at radius 3 is 2.17 bits per heavy atom. The van der Waals surface area contributed by atoms with Crippen molar-refractivity contribution in [2.24, 2.45) is 0 Å². The molecule has 0 N–H and O–H groups in total. The van der Waals surface area contributed by atoms with E-state index in [1.165, 1.54) is 33.4 Å². The molecular weight excluding hydrogens is 288 g/mol. The third-order valence-corrected chi connectivity index (χ3v) is 4.83. The Kier molecular flexibility index (Phi) is 4.53. The van der Waals surface area contributed by atoms with Crippen LogP contribution >= 0.6 is 0 Å². The second-order valence-electron chi connectivity index (χ2n) is 6.21. The summed E-state index contributed by atoms with van der Waals surface area (Å²) in [7, 11) is 5.25. The lowest BCUT2D eigenvalue weighted by Crippen LogP contribution is -2.37. The van der Waals surface area contributed by atoms with E-state index in [1.54, 1.807) is 21.3 Å². The Hall–Kier alpha value is -1.68. The van der Waals surface area contributed by atoms with E-state index in [9.17, 15) is 0 Å². The number of benzene rings is 2. The van der Waals surface area contributed by atoms with Gasteiger partial charge in [-0.1, -0.05) is 36.4 Å². The van der Waals surface area contributed by atoms with Gasteiger partial charge in [0.25, 0.3) is 0 Å². The first-order valence-corrected chi connectivity index (χ1v) is 7.89. The first-order valence-electron chi connectivity index (χ1n) is 7.89. The van der Waals surface area contributed by atoms with E-state index >= 15 is 0 Å². The number of hydrogen-bond donors (Lipinski definition) is 0. The second kappa shape index (κ2) is 6.44. The number of fused-ring (bicyclic) bond motifs is 3. The highest BCUT2D eigenvalue weighted by atomic mass is 16.5. The first-order chi connectivity index (χ1) is 11.2. The van der Waals surface area contributed by atoms with Crippen molar-refractivity contribution >= 4 is 0 Å². The number of ether oxygens (including phenoxy) is 3. The summed E-state index contributed by atoms with van der Waals surface area (Å²) in [5, 5.41) is 0. The molecule has 0 aliphatic heterocycles. The monoisotopic (exact) mass is 312 g/mol. The molecule has 0 amide bonds. The lowest BCUT2D eigenvalue weighted by atomic mass is 9.77. The number of methoxy groups -OCH3 is 3. The van der Waals surface area contributed by atoms with Gasteiger partial charge in [0.05, 0.1) is 25.2 Å². The number of rotatable bonds is 6. The van der Waals surface area contributed by atoms with Gasteiger partial charge in [0.15, 0.2) is 0 Å². The summed E-state index contributed by atoms with van der Waals surface area (Å²) in [6.07, 6.45) is 0. The summed E-state index contributed by atoms with van der Waals surface area (Å²) in [6, 6.07) is 13.0. The summed E-state index contributed by atoms with van der Waals surface area (Å²) in [5.74, 6) is 0. The maximum Gasteiger partial charge on any atom is 0.0718 e. The zero-order valence-electron chi connectivity index (χ0n) is 14.3. The van der Waals surface area contributed by atoms with E-state index in [4.69, 9.17) is 14.2 Å². The fourth-order valence-corrected chi connectivity index (χ4v) is 3.96. The van der Waals surface area contributed by atoms with Crippen LogP contribution in [0.5, 0.6) is 0 Å². The van der Waals surface area contributed by atoms with Gasteiger partial charge in [-0.2, -0.15) is 0 Å². The van der Waals surface area contributed by atoms with Gasteiger partial charge in [0.2, 0.25) is 0 Å². The maximum atomic E-state index is 5.65. The predicted octanol–water partition coefficient (Wildman–Crippen LogP) is 3.70. The van der Waals surface area contributed by atoms with Gasteiger partial charge >= 0.3 is 0 Å². The molecule has 2 aromatic rings. The van der Waals surface area contributed by atoms with Crippen LogP contribution in [-0.4, -0.2) is 34.5 Å². The number of aryl methyl sites for hydroxylation is 1. The largest absolute Gasteiger partial charge is 0.383 e. The van der Waals surface area contributed by atoms with E-state index in [0.29, 0.717) is 19.8 Å². The van der Waals surface area contributed by atoms with Crippen LogP contribution in [0.15, 0.2) is 36.4 Å². The first kappa shape index (κ1) is 16.2. The second-order valence-corrected chi connectivity index (χ2v) is 6.21. The molecule has 0 spiro atoms. The molecule has 3 rings (SSSR count). The van der Waals surface area contributed by atoms with Crippen LogP contribution in [-0.2, 0) is 26.2 Å². The third kappa shape index (κ3) is 2.40. The van der Waals surface area contributed by atoms with E-state index in [2.05, 4.69) is 43.3 Å². The molecule has 23 heavy (non-hydrogen) atoms. The quantitative estimate of drug-likeness (QED) is 0.814. The molecule has 0 aromatic heterocycles. The Bertz CT molecular complexity index is 700. The van der Waals surface area contributed by atoms with Crippen molar-refractivity contribution in [1.82, 2.24) is 0 Å². The molecule has 0 heterocycles. The maximum absolute atomic E-state index is 5.65. The fourth-order valence-electron chi connectivity index (χ4n) is 3.96. The van der Waals surface area contributed by atoms with Crippen LogP contribution < -0.4 is 0 Å². The van der Waals surface area contributed by atoms with Crippen molar-refractivity contribution in [2.45, 2.75) is 18.9 Å². The Balaban J connectivity index is 2.35. The lowest BCUT2D eigenvalue weighted by Gasteiger charge is -2.32. The Morgan fingerprint density at radius 1 is 0.826 bits per heavy atom. The minimum atomic E-state index is -0.282. The molecule has 0 fully saturated rings. The molecule has 1 aliphatic rings. The van der Waals surface area contributed by atoms with E-state index < -0.39 is 0 Å². The normalized spacial score (nSPS) is 14.6. The Labute approximate surface area is 138 Å². The minimum Gasteiger partial charge on any atom is -0.383 e. The SMILES string of the molecule is COCc1c(C)ccc2c1C(COC)(COC)c1ccccc1-2. The fraction of sp³-hybridized carbons (Fsp3) is 0.400. The smallest absolute Gasteiger partial charge is 0.0718 e. The van der Waals surface area contributed by atoms with Crippen molar-refractivity contribution in [2.75, 3.05) is 34.5 Å². The molecule has 0 saturated carbocycles. The average Bonchev–Trinajstić information content (AvgIpc) is 2.82. The van der Waals surface area contributed by atoms with Crippen LogP contribution in [0.3, 0.4) is 0 Å². The highest BCUT2D eigenvalue weighted by Gasteiger charge is 2.45. The molecule has 3 nitrogen and oxygen atoms in total. The zero-order chi connectivity index (χ0) is 16.4. The summed E-state index contributed by atoms with van der Waals surface area (Å²) in [6.45, 7) is 3.91. The molecule has 0 bridgehead atoms. The average molecular weight is 312 g/mol. The van der Waals surface area contributed by atoms with Gasteiger partial charge < -0.3 is 14.2 Å². The highest BCUT2D eigenvalue weighted by molar-refractivity contribution is 5.83. The third-order valence-electron chi connectivity index (χ3n) is 4.83. The molecule has 0 atom stereocenters. The van der Waals surface area contributed by atoms with Gasteiger partial charge in [-0.25, -0.2) is 0 Å². The van der Waals surface area contributed by atoms with Crippen molar-refractivity contribution in [3.05, 3.63) is 58.7 Å². The van der Waals surface area contributed by atoms with Crippen LogP contribution in [0.25, 0.3) is 11.1 Å². The standard InChI is InChI=1S/C20H24O3/c1-14-9-10-16-15-7-5-6-8-18(15)20(12-22-3,13-23-4)19(16)17(14)11-21-2/h5-10H,11-13H2,1-4H3. The van der Waals surface area contributed by atoms with Crippen LogP contribution in [0, 0.1) is 6.92 Å². The minimum absolute atomic E-state index is 0.282. The van der Waals surface area contributed by atoms with Gasteiger partial charge in [0, 0.05) is 21.3 Å². The molecule has 122 valence electrons. The summed E-state index contributed by atoms with van der Waals surface area (Å²) in [5.41, 5.74) is 7.33. The zero-order valence-corrected chi connectivity index (χ0v) is 14.3. The van der Waals surface area contributed by atoms with Gasteiger partial charge in [0.1, 0.15) is 0 Å². The van der Waals surface area contributed by atoms with Crippen LogP contribution in [0.2, 0.25) is 0 Å². The summed E-state index contributed by atoms with van der Waals surface area (Å²) < 4.78 is 16.8. The van der Waals surface area contributed by atoms with Crippen LogP contribution in [0.1, 0.15) is 22.3 Å². The highest BCUT2D eigenvalue weighted by Crippen LogP contribution is 2.51. The van der Waals surface area contributed by atoms with Crippen LogP contribution in [0.4, 0.5) is 0 Å². The molecule has 0 unspecified atom stereocenters. The van der Waals surface area contributed by atoms with Crippen molar-refractivity contribution in [3.8, 4) is 11.1 Å². The van der Waals surface area contributed by atoms with Gasteiger partial charge in [-0.15, -0.1) is 0 Å². The summed E-state index contributed by atoms with van der Waals surface area (Å²) >= 11 is 0. The van der Waals surface area contributed by atoms with Crippen molar-refractivity contribution < 1.29 is 14.2 Å². The van der Waals surface area contributed by atoms with E-state index in [0.717, 1.165) is 0 Å². The lowest BCUT2D eigenvalue weighted by molar-refractivity contribution is 0.0798. The molecular formula is C20H24O3. The van der Waals surface area contributed by atoms with E-state index in [1.807, 2.05) is 0 Å². The predicted molar refractivity (Wildman–Crippen MR) is 91.9 cm³/mol. The molecule has 2 aromatic carbocycles.